The van der Waals surface area contributed by atoms with Gasteiger partial charge in [0, 0.05) is 50.5 Å². The Labute approximate surface area is 181 Å². The number of anilines is 1. The van der Waals surface area contributed by atoms with Gasteiger partial charge in [-0.3, -0.25) is 24.2 Å². The number of carbonyl (C=O) groups excluding carboxylic acids is 2. The van der Waals surface area contributed by atoms with Crippen molar-refractivity contribution in [1.29, 1.82) is 0 Å². The van der Waals surface area contributed by atoms with Crippen molar-refractivity contribution in [1.82, 2.24) is 10.0 Å². The molecule has 0 aromatic heterocycles. The Bertz CT molecular complexity index is 827. The summed E-state index contributed by atoms with van der Waals surface area (Å²) in [7, 11) is -1.53. The molecule has 2 atom stereocenters. The van der Waals surface area contributed by atoms with Gasteiger partial charge in [0.1, 0.15) is 0 Å². The molecule has 0 radical (unpaired) electrons. The Kier molecular flexibility index (Phi) is 8.88. The maximum Gasteiger partial charge on any atom is 0.503 e. The Morgan fingerprint density at radius 2 is 1.74 bits per heavy atom. The van der Waals surface area contributed by atoms with Crippen molar-refractivity contribution in [3.63, 3.8) is 0 Å². The fourth-order valence-corrected chi connectivity index (χ4v) is 5.88. The number of rotatable bonds is 6. The predicted molar refractivity (Wildman–Crippen MR) is 115 cm³/mol. The van der Waals surface area contributed by atoms with Crippen molar-refractivity contribution in [2.45, 2.75) is 32.1 Å². The van der Waals surface area contributed by atoms with E-state index in [0.717, 1.165) is 18.4 Å². The fraction of sp³-hybridized carbons (Fsp3) is 0.550. The first-order valence-corrected chi connectivity index (χ1v) is 12.2. The van der Waals surface area contributed by atoms with Gasteiger partial charge >= 0.3 is 6.16 Å². The average Bonchev–Trinajstić information content (AvgIpc) is 2.85. The smallest absolute Gasteiger partial charge is 0.450 e. The molecule has 0 saturated carbocycles. The van der Waals surface area contributed by atoms with Crippen molar-refractivity contribution < 1.29 is 33.7 Å². The first kappa shape index (κ1) is 24.7. The number of hydrazine groups is 1. The van der Waals surface area contributed by atoms with Crippen LogP contribution in [0, 0.1) is 5.92 Å². The maximum absolute atomic E-state index is 13.3. The van der Waals surface area contributed by atoms with Crippen LogP contribution < -0.4 is 5.73 Å². The summed E-state index contributed by atoms with van der Waals surface area (Å²) in [6.07, 6.45) is 1.87. The largest absolute Gasteiger partial charge is 0.503 e. The van der Waals surface area contributed by atoms with Gasteiger partial charge in [0.15, 0.2) is 0 Å². The lowest BCUT2D eigenvalue weighted by atomic mass is 10.1. The lowest BCUT2D eigenvalue weighted by molar-refractivity contribution is -0.166. The molecule has 4 N–H and O–H groups in total. The second kappa shape index (κ2) is 11.2. The van der Waals surface area contributed by atoms with Crippen LogP contribution in [0.15, 0.2) is 24.3 Å². The molecule has 2 aliphatic heterocycles. The monoisotopic (exact) mass is 455 g/mol. The van der Waals surface area contributed by atoms with E-state index in [0.29, 0.717) is 44.2 Å². The highest BCUT2D eigenvalue weighted by molar-refractivity contribution is 7.59. The number of carbonyl (C=O) groups is 3. The van der Waals surface area contributed by atoms with Crippen molar-refractivity contribution in [3.8, 4) is 0 Å². The summed E-state index contributed by atoms with van der Waals surface area (Å²) in [5.41, 5.74) is 7.42. The normalized spacial score (nSPS) is 20.7. The van der Waals surface area contributed by atoms with Crippen LogP contribution in [0.25, 0.3) is 0 Å². The third-order valence-corrected chi connectivity index (χ3v) is 8.00. The van der Waals surface area contributed by atoms with Gasteiger partial charge < -0.3 is 20.5 Å². The molecule has 0 bridgehead atoms. The van der Waals surface area contributed by atoms with Crippen LogP contribution in [-0.2, 0) is 25.1 Å². The van der Waals surface area contributed by atoms with E-state index >= 15 is 0 Å². The molecular formula is C20H30N3O7P. The molecule has 2 fully saturated rings. The van der Waals surface area contributed by atoms with Crippen molar-refractivity contribution >= 4 is 31.0 Å². The first-order valence-electron chi connectivity index (χ1n) is 10.2. The lowest BCUT2D eigenvalue weighted by Crippen LogP contribution is -2.53. The SMILES string of the molecule is COP(=O)(CCc1ccc(N)cc1)C[C@H]1CCC(=O)N2CCCCN2C1=O.O=C(O)O. The Balaban J connectivity index is 0.000000785. The van der Waals surface area contributed by atoms with Gasteiger partial charge in [-0.15, -0.1) is 0 Å². The third kappa shape index (κ3) is 7.25. The quantitative estimate of drug-likeness (QED) is 0.438. The number of fused-ring (bicyclic) bond motifs is 1. The molecule has 0 aliphatic carbocycles. The molecule has 11 heteroatoms. The third-order valence-electron chi connectivity index (χ3n) is 5.43. The minimum atomic E-state index is -2.98. The Morgan fingerprint density at radius 3 is 2.32 bits per heavy atom. The summed E-state index contributed by atoms with van der Waals surface area (Å²) in [4.78, 5) is 33.9. The van der Waals surface area contributed by atoms with E-state index < -0.39 is 19.4 Å². The van der Waals surface area contributed by atoms with E-state index in [1.807, 2.05) is 24.3 Å². The van der Waals surface area contributed by atoms with Gasteiger partial charge in [-0.1, -0.05) is 12.1 Å². The van der Waals surface area contributed by atoms with E-state index in [-0.39, 0.29) is 18.0 Å². The number of benzene rings is 1. The van der Waals surface area contributed by atoms with E-state index in [1.165, 1.54) is 7.11 Å². The van der Waals surface area contributed by atoms with Crippen LogP contribution in [0.5, 0.6) is 0 Å². The van der Waals surface area contributed by atoms with Crippen molar-refractivity contribution in [2.75, 3.05) is 38.3 Å². The molecule has 1 unspecified atom stereocenters. The van der Waals surface area contributed by atoms with Crippen LogP contribution in [0.4, 0.5) is 10.5 Å². The number of aryl methyl sites for hydroxylation is 1. The van der Waals surface area contributed by atoms with Crippen LogP contribution >= 0.6 is 7.37 Å². The molecular weight excluding hydrogens is 425 g/mol. The number of nitrogen functional groups attached to an aromatic ring is 1. The molecule has 2 aliphatic rings. The summed E-state index contributed by atoms with van der Waals surface area (Å²) in [6.45, 7) is 1.15. The number of nitrogens with two attached hydrogens (primary N) is 1. The van der Waals surface area contributed by atoms with Gasteiger partial charge in [-0.2, -0.15) is 0 Å². The molecule has 31 heavy (non-hydrogen) atoms. The number of hydrogen-bond acceptors (Lipinski definition) is 6. The Hall–Kier alpha value is -2.58. The number of hydrogen-bond donors (Lipinski definition) is 3. The lowest BCUT2D eigenvalue weighted by Gasteiger charge is -2.38. The van der Waals surface area contributed by atoms with Gasteiger partial charge in [0.25, 0.3) is 0 Å². The standard InChI is InChI=1S/C19H28N3O4P.CH2O3/c1-26-27(25,13-10-15-4-7-17(20)8-5-15)14-16-6-9-18(23)21-11-2-3-12-22(21)19(16)24;2-1(3)4/h4-5,7-8,16H,2-3,6,9-14,20H2,1H3;(H2,2,3,4)/t16-,27?;/m1./s1. The second-order valence-corrected chi connectivity index (χ2v) is 10.4. The zero-order chi connectivity index (χ0) is 23.0. The molecule has 3 rings (SSSR count). The highest BCUT2D eigenvalue weighted by Crippen LogP contribution is 2.49. The van der Waals surface area contributed by atoms with Crippen molar-refractivity contribution in [3.05, 3.63) is 29.8 Å². The van der Waals surface area contributed by atoms with E-state index in [9.17, 15) is 14.2 Å². The minimum Gasteiger partial charge on any atom is -0.450 e. The maximum atomic E-state index is 13.3. The summed E-state index contributed by atoms with van der Waals surface area (Å²) >= 11 is 0. The number of carboxylic acid groups (broad SMARTS) is 2. The first-order chi connectivity index (χ1) is 14.6. The minimum absolute atomic E-state index is 0.0142. The Morgan fingerprint density at radius 1 is 1.16 bits per heavy atom. The van der Waals surface area contributed by atoms with E-state index in [2.05, 4.69) is 0 Å². The van der Waals surface area contributed by atoms with Gasteiger partial charge in [0.2, 0.25) is 19.2 Å². The average molecular weight is 455 g/mol. The summed E-state index contributed by atoms with van der Waals surface area (Å²) in [6, 6.07) is 7.46. The van der Waals surface area contributed by atoms with Gasteiger partial charge in [0.05, 0.1) is 0 Å². The predicted octanol–water partition coefficient (Wildman–Crippen LogP) is 2.73. The fourth-order valence-electron chi connectivity index (χ4n) is 3.76. The van der Waals surface area contributed by atoms with Crippen LogP contribution in [0.2, 0.25) is 0 Å². The summed E-state index contributed by atoms with van der Waals surface area (Å²) < 4.78 is 18.7. The van der Waals surface area contributed by atoms with Crippen LogP contribution in [0.1, 0.15) is 31.2 Å². The molecule has 1 aromatic carbocycles. The van der Waals surface area contributed by atoms with Crippen LogP contribution in [-0.4, -0.2) is 70.7 Å². The van der Waals surface area contributed by atoms with E-state index in [4.69, 9.17) is 25.3 Å². The van der Waals surface area contributed by atoms with Gasteiger partial charge in [-0.25, -0.2) is 4.79 Å². The summed E-state index contributed by atoms with van der Waals surface area (Å²) in [5.74, 6) is -0.542. The number of amides is 2. The second-order valence-electron chi connectivity index (χ2n) is 7.60. The zero-order valence-corrected chi connectivity index (χ0v) is 18.5. The molecule has 172 valence electrons. The number of nitrogens with zero attached hydrogens (tertiary/aromatic N) is 2. The molecule has 2 saturated heterocycles. The zero-order valence-electron chi connectivity index (χ0n) is 17.6. The highest BCUT2D eigenvalue weighted by atomic mass is 31.2. The topological polar surface area (TPSA) is 150 Å². The van der Waals surface area contributed by atoms with Gasteiger partial charge in [-0.05, 0) is 43.4 Å². The molecule has 0 spiro atoms. The van der Waals surface area contributed by atoms with Crippen LogP contribution in [0.3, 0.4) is 0 Å². The van der Waals surface area contributed by atoms with Crippen molar-refractivity contribution in [2.24, 2.45) is 5.92 Å². The molecule has 2 heterocycles. The highest BCUT2D eigenvalue weighted by Gasteiger charge is 2.39. The summed E-state index contributed by atoms with van der Waals surface area (Å²) in [5, 5.41) is 17.1. The molecule has 2 amide bonds. The van der Waals surface area contributed by atoms with E-state index in [1.54, 1.807) is 10.0 Å². The molecule has 10 nitrogen and oxygen atoms in total. The molecule has 1 aromatic rings.